The van der Waals surface area contributed by atoms with Crippen LogP contribution in [-0.2, 0) is 4.74 Å². The fourth-order valence-electron chi connectivity index (χ4n) is 2.85. The molecule has 1 N–H and O–H groups in total. The summed E-state index contributed by atoms with van der Waals surface area (Å²) in [6, 6.07) is 0. The summed E-state index contributed by atoms with van der Waals surface area (Å²) in [6.45, 7) is 8.14. The maximum Gasteiger partial charge on any atom is 0.245 e. The highest BCUT2D eigenvalue weighted by molar-refractivity contribution is 14.0. The number of morpholine rings is 1. The fourth-order valence-corrected chi connectivity index (χ4v) is 2.85. The van der Waals surface area contributed by atoms with E-state index in [1.54, 1.807) is 0 Å². The van der Waals surface area contributed by atoms with Crippen LogP contribution in [0.2, 0.25) is 0 Å². The van der Waals surface area contributed by atoms with Crippen LogP contribution in [0, 0.1) is 5.41 Å². The van der Waals surface area contributed by atoms with Crippen LogP contribution in [0.15, 0.2) is 23.1 Å². The molecule has 0 bridgehead atoms. The first-order chi connectivity index (χ1) is 9.62. The average molecular weight is 403 g/mol. The maximum atomic E-state index is 5.43. The monoisotopic (exact) mass is 403 g/mol. The third-order valence-electron chi connectivity index (χ3n) is 3.72. The number of nitrogens with one attached hydrogen (secondary N) is 1. The molecule has 0 radical (unpaired) electrons. The van der Waals surface area contributed by atoms with Gasteiger partial charge in [0.25, 0.3) is 0 Å². The lowest BCUT2D eigenvalue weighted by Crippen LogP contribution is -2.39. The molecule has 0 aromatic carbocycles. The lowest BCUT2D eigenvalue weighted by Gasteiger charge is -2.38. The number of aliphatic imine (C=N–C) groups is 1. The first-order valence-electron chi connectivity index (χ1n) is 7.09. The van der Waals surface area contributed by atoms with Gasteiger partial charge < -0.3 is 9.64 Å². The van der Waals surface area contributed by atoms with Gasteiger partial charge in [-0.3, -0.25) is 0 Å². The Labute approximate surface area is 142 Å². The predicted octanol–water partition coefficient (Wildman–Crippen LogP) is 2.53. The molecule has 7 heteroatoms. The number of rotatable bonds is 2. The van der Waals surface area contributed by atoms with Crippen LogP contribution in [0.1, 0.15) is 26.7 Å². The van der Waals surface area contributed by atoms with Gasteiger partial charge >= 0.3 is 0 Å². The molecule has 1 aromatic heterocycles. The molecule has 0 spiro atoms. The van der Waals surface area contributed by atoms with Crippen molar-refractivity contribution in [2.45, 2.75) is 26.7 Å². The summed E-state index contributed by atoms with van der Waals surface area (Å²) in [5.41, 5.74) is 2.66. The molecule has 6 nitrogen and oxygen atoms in total. The van der Waals surface area contributed by atoms with Crippen LogP contribution in [-0.4, -0.2) is 52.1 Å². The van der Waals surface area contributed by atoms with Gasteiger partial charge in [-0.25, -0.2) is 10.1 Å². The second kappa shape index (κ2) is 6.87. The Balaban J connectivity index is 0.00000161. The molecule has 2 heterocycles. The first-order valence-corrected chi connectivity index (χ1v) is 7.09. The molecule has 1 aliphatic carbocycles. The van der Waals surface area contributed by atoms with Crippen molar-refractivity contribution < 1.29 is 4.74 Å². The molecule has 116 valence electrons. The second-order valence-corrected chi connectivity index (χ2v) is 6.17. The van der Waals surface area contributed by atoms with Crippen molar-refractivity contribution in [2.24, 2.45) is 10.4 Å². The van der Waals surface area contributed by atoms with E-state index in [9.17, 15) is 0 Å². The van der Waals surface area contributed by atoms with E-state index in [0.29, 0.717) is 5.95 Å². The molecule has 0 atom stereocenters. The van der Waals surface area contributed by atoms with E-state index in [1.807, 2.05) is 0 Å². The third-order valence-corrected chi connectivity index (χ3v) is 3.72. The van der Waals surface area contributed by atoms with Gasteiger partial charge in [-0.15, -0.1) is 24.0 Å². The van der Waals surface area contributed by atoms with Crippen LogP contribution in [0.5, 0.6) is 0 Å². The summed E-state index contributed by atoms with van der Waals surface area (Å²) in [5, 5.41) is 6.64. The largest absolute Gasteiger partial charge is 0.378 e. The van der Waals surface area contributed by atoms with Crippen molar-refractivity contribution in [2.75, 3.05) is 26.3 Å². The van der Waals surface area contributed by atoms with Gasteiger partial charge in [-0.1, -0.05) is 13.8 Å². The summed E-state index contributed by atoms with van der Waals surface area (Å²) in [5.74, 6) is 0.579. The Morgan fingerprint density at radius 1 is 1.29 bits per heavy atom. The van der Waals surface area contributed by atoms with Crippen LogP contribution in [0.4, 0.5) is 5.95 Å². The van der Waals surface area contributed by atoms with E-state index in [2.05, 4.69) is 45.0 Å². The zero-order valence-corrected chi connectivity index (χ0v) is 14.8. The van der Waals surface area contributed by atoms with Gasteiger partial charge in [0.1, 0.15) is 6.33 Å². The van der Waals surface area contributed by atoms with Gasteiger partial charge in [0.15, 0.2) is 0 Å². The van der Waals surface area contributed by atoms with Gasteiger partial charge in [-0.05, 0) is 24.3 Å². The van der Waals surface area contributed by atoms with Crippen molar-refractivity contribution in [3.05, 3.63) is 18.1 Å². The number of hydrogen-bond donors (Lipinski definition) is 1. The summed E-state index contributed by atoms with van der Waals surface area (Å²) in [7, 11) is 0. The van der Waals surface area contributed by atoms with Crippen molar-refractivity contribution in [3.63, 3.8) is 0 Å². The van der Waals surface area contributed by atoms with Gasteiger partial charge in [0, 0.05) is 24.5 Å². The van der Waals surface area contributed by atoms with Crippen molar-refractivity contribution in [1.29, 1.82) is 0 Å². The summed E-state index contributed by atoms with van der Waals surface area (Å²) in [6.07, 6.45) is 5.74. The molecular formula is C14H22IN5O. The molecule has 1 aliphatic heterocycles. The van der Waals surface area contributed by atoms with E-state index < -0.39 is 0 Å². The molecule has 1 aromatic rings. The number of aromatic nitrogens is 3. The highest BCUT2D eigenvalue weighted by atomic mass is 127. The Morgan fingerprint density at radius 2 is 2.05 bits per heavy atom. The van der Waals surface area contributed by atoms with Crippen LogP contribution < -0.4 is 0 Å². The Kier molecular flexibility index (Phi) is 5.37. The number of allylic oxidation sites excluding steroid dienone is 2. The highest BCUT2D eigenvalue weighted by Crippen LogP contribution is 2.36. The summed E-state index contributed by atoms with van der Waals surface area (Å²) < 4.78 is 5.43. The molecule has 1 saturated heterocycles. The molecule has 2 aliphatic rings. The van der Waals surface area contributed by atoms with Gasteiger partial charge in [0.2, 0.25) is 5.95 Å². The molecule has 3 rings (SSSR count). The number of halogens is 1. The van der Waals surface area contributed by atoms with Crippen molar-refractivity contribution in [3.8, 4) is 0 Å². The minimum Gasteiger partial charge on any atom is -0.378 e. The van der Waals surface area contributed by atoms with E-state index in [0.717, 1.165) is 44.9 Å². The average Bonchev–Trinajstić information content (AvgIpc) is 2.91. The maximum absolute atomic E-state index is 5.43. The number of ether oxygens (including phenoxy) is 1. The minimum absolute atomic E-state index is 0. The second-order valence-electron chi connectivity index (χ2n) is 6.17. The fraction of sp³-hybridized carbons (Fsp3) is 0.643. The number of aromatic amines is 1. The minimum atomic E-state index is 0. The standard InChI is InChI=1S/C14H21N5O.HI/c1-14(2)8-11(17-13-15-10-16-18-13)7-12(9-14)19-3-5-20-6-4-19;/h7,10H,3-6,8-9H2,1-2H3,(H,15,16,18);1H/b17-11+;. The Hall–Kier alpha value is -0.960. The topological polar surface area (TPSA) is 66.4 Å². The lowest BCUT2D eigenvalue weighted by atomic mass is 9.78. The Bertz CT molecular complexity index is 517. The van der Waals surface area contributed by atoms with Crippen molar-refractivity contribution in [1.82, 2.24) is 20.1 Å². The summed E-state index contributed by atoms with van der Waals surface area (Å²) >= 11 is 0. The van der Waals surface area contributed by atoms with Crippen LogP contribution >= 0.6 is 24.0 Å². The van der Waals surface area contributed by atoms with E-state index in [-0.39, 0.29) is 29.4 Å². The van der Waals surface area contributed by atoms with Crippen LogP contribution in [0.25, 0.3) is 0 Å². The quantitative estimate of drug-likeness (QED) is 0.771. The Morgan fingerprint density at radius 3 is 2.71 bits per heavy atom. The van der Waals surface area contributed by atoms with Crippen molar-refractivity contribution >= 4 is 35.6 Å². The number of H-pyrrole nitrogens is 1. The number of nitrogens with zero attached hydrogens (tertiary/aromatic N) is 4. The lowest BCUT2D eigenvalue weighted by molar-refractivity contribution is 0.0491. The zero-order valence-electron chi connectivity index (χ0n) is 12.5. The van der Waals surface area contributed by atoms with E-state index in [1.165, 1.54) is 12.0 Å². The predicted molar refractivity (Wildman–Crippen MR) is 92.4 cm³/mol. The molecular weight excluding hydrogens is 381 g/mol. The highest BCUT2D eigenvalue weighted by Gasteiger charge is 2.29. The van der Waals surface area contributed by atoms with E-state index >= 15 is 0 Å². The zero-order chi connectivity index (χ0) is 14.0. The molecule has 0 saturated carbocycles. The third kappa shape index (κ3) is 4.26. The van der Waals surface area contributed by atoms with Crippen LogP contribution in [0.3, 0.4) is 0 Å². The molecule has 21 heavy (non-hydrogen) atoms. The van der Waals surface area contributed by atoms with E-state index in [4.69, 9.17) is 4.74 Å². The molecule has 1 fully saturated rings. The SMILES string of the molecule is CC1(C)CC(N2CCOCC2)=C/C(=N\c2ncn[nH]2)C1.I. The number of hydrogen-bond acceptors (Lipinski definition) is 5. The normalized spacial score (nSPS) is 23.6. The molecule has 0 unspecified atom stereocenters. The first kappa shape index (κ1) is 16.4. The van der Waals surface area contributed by atoms with Gasteiger partial charge in [0.05, 0.1) is 13.2 Å². The smallest absolute Gasteiger partial charge is 0.245 e. The van der Waals surface area contributed by atoms with Gasteiger partial charge in [-0.2, -0.15) is 10.1 Å². The summed E-state index contributed by atoms with van der Waals surface area (Å²) in [4.78, 5) is 11.1. The molecule has 0 amide bonds.